The van der Waals surface area contributed by atoms with Gasteiger partial charge in [-0.25, -0.2) is 33.7 Å². The second kappa shape index (κ2) is 38.4. The van der Waals surface area contributed by atoms with Gasteiger partial charge in [0.05, 0.1) is 5.69 Å². The van der Waals surface area contributed by atoms with Crippen LogP contribution in [0.25, 0.3) is 22.3 Å². The van der Waals surface area contributed by atoms with Gasteiger partial charge >= 0.3 is 206 Å². The zero-order valence-electron chi connectivity index (χ0n) is 40.2. The SMILES string of the molecule is CC/C(=C(/CC)c1ccc(OS(=O)(=O)[O-])c(N)c1)c1cc[c-]c(N)c1.CC/C(=C(/CC)c1ccc(OS(=O)(=O)[O-])c(N=NC)c1)c1cc[c-]c(N=NCNC)c1.O=S(=O)([O-])O.O=S(=O)([O-])O.[K+].[K+].[K+].[K+]. The summed E-state index contributed by atoms with van der Waals surface area (Å²) in [5, 5.41) is 18.7. The van der Waals surface area contributed by atoms with Gasteiger partial charge in [-0.3, -0.25) is 14.4 Å². The third kappa shape index (κ3) is 33.8. The average molecular weight is 1150 g/mol. The van der Waals surface area contributed by atoms with Crippen molar-refractivity contribution in [2.45, 2.75) is 53.4 Å². The van der Waals surface area contributed by atoms with E-state index in [1.165, 1.54) is 19.2 Å². The Labute approximate surface area is 580 Å². The molecule has 4 rings (SSSR count). The number of anilines is 2. The molecule has 0 aromatic heterocycles. The minimum Gasteiger partial charge on any atom is -0.726 e. The third-order valence-electron chi connectivity index (χ3n) is 8.11. The number of azo groups is 2. The van der Waals surface area contributed by atoms with Crippen molar-refractivity contribution < 1.29 is 275 Å². The Balaban J connectivity index is -0.000000502. The summed E-state index contributed by atoms with van der Waals surface area (Å²) in [6.45, 7) is 8.56. The van der Waals surface area contributed by atoms with E-state index < -0.39 is 41.6 Å². The molecule has 4 aromatic carbocycles. The molecule has 0 heterocycles. The van der Waals surface area contributed by atoms with Crippen molar-refractivity contribution in [2.24, 2.45) is 20.5 Å². The molecule has 0 unspecified atom stereocenters. The number of nitrogens with one attached hydrogen (secondary N) is 1. The fourth-order valence-corrected chi connectivity index (χ4v) is 6.65. The molecular weight excluding hydrogens is 1110 g/mol. The van der Waals surface area contributed by atoms with Crippen LogP contribution in [0, 0.1) is 12.1 Å². The van der Waals surface area contributed by atoms with Crippen LogP contribution in [0.4, 0.5) is 22.7 Å². The van der Waals surface area contributed by atoms with Crippen LogP contribution in [0.3, 0.4) is 0 Å². The van der Waals surface area contributed by atoms with E-state index in [4.69, 9.17) is 46.5 Å². The number of nitrogens with zero attached hydrogens (tertiary/aromatic N) is 4. The number of nitrogens with two attached hydrogens (primary N) is 2. The van der Waals surface area contributed by atoms with Crippen molar-refractivity contribution in [3.63, 3.8) is 0 Å². The normalized spacial score (nSPS) is 11.9. The van der Waals surface area contributed by atoms with Crippen molar-refractivity contribution >= 4 is 86.6 Å². The molecular formula is C39H47K4N7O16S4-2. The maximum Gasteiger partial charge on any atom is 1.00 e. The molecule has 0 aliphatic carbocycles. The van der Waals surface area contributed by atoms with Crippen LogP contribution in [-0.4, -0.2) is 81.8 Å². The molecule has 0 radical (unpaired) electrons. The van der Waals surface area contributed by atoms with Gasteiger partial charge in [0.15, 0.2) is 11.5 Å². The first-order chi connectivity index (χ1) is 30.6. The number of allylic oxidation sites excluding steroid dienone is 4. The molecule has 0 aliphatic heterocycles. The maximum atomic E-state index is 11.0. The zero-order chi connectivity index (χ0) is 50.5. The number of benzene rings is 4. The summed E-state index contributed by atoms with van der Waals surface area (Å²) < 4.78 is 140. The quantitative estimate of drug-likeness (QED) is 0.0133. The molecule has 7 N–H and O–H groups in total. The topological polar surface area (TPSA) is 401 Å². The summed E-state index contributed by atoms with van der Waals surface area (Å²) in [5.74, 6) is -0.342. The summed E-state index contributed by atoms with van der Waals surface area (Å²) in [6.07, 6.45) is 2.97. The van der Waals surface area contributed by atoms with Crippen LogP contribution in [-0.2, 0) is 41.6 Å². The monoisotopic (exact) mass is 1150 g/mol. The predicted octanol–water partition coefficient (Wildman–Crippen LogP) is -5.72. The van der Waals surface area contributed by atoms with Crippen molar-refractivity contribution in [3.8, 4) is 11.5 Å². The van der Waals surface area contributed by atoms with Gasteiger partial charge in [-0.1, -0.05) is 56.7 Å². The molecule has 0 saturated heterocycles. The minimum atomic E-state index is -4.93. The Hall–Kier alpha value is 0.825. The number of rotatable bonds is 16. The van der Waals surface area contributed by atoms with E-state index in [0.29, 0.717) is 24.5 Å². The van der Waals surface area contributed by atoms with E-state index in [-0.39, 0.29) is 228 Å². The van der Waals surface area contributed by atoms with Gasteiger partial charge in [0.25, 0.3) is 20.8 Å². The van der Waals surface area contributed by atoms with Crippen molar-refractivity contribution in [1.29, 1.82) is 0 Å². The van der Waals surface area contributed by atoms with Gasteiger partial charge in [0.1, 0.15) is 12.4 Å². The van der Waals surface area contributed by atoms with Gasteiger partial charge < -0.3 is 38.0 Å². The standard InChI is InChI=1S/C21H26N5O4S.C18H21N2O4S.4K.2H2O4S/c1-5-18(15-8-7-9-17(12-15)25-24-14-22-3)19(6-2)16-10-11-21(30-31(27,28)29)20(13-16)26-23-4;1-3-15(12-6-5-7-14(19)10-12)16(4-2)13-8-9-18(17(20)11-13)24-25(21,22)23;;;;;2*1-5(2,3)4/h7-8,10-13,22H,5-6,14H2,1-4H3,(H,27,28,29);5-6,8-11H,3-4,19-20H2,1-2H3,(H,21,22,23);;;;;2*(H2,1,2,3,4)/q2*-1;4*+1;;/p-4/b19-18+,25-24?,26-23?;16-15+;;;;;;. The first kappa shape index (κ1) is 77.3. The minimum absolute atomic E-state index is 0. The van der Waals surface area contributed by atoms with E-state index in [9.17, 15) is 25.9 Å². The molecule has 0 atom stereocenters. The van der Waals surface area contributed by atoms with Crippen LogP contribution >= 0.6 is 0 Å². The van der Waals surface area contributed by atoms with E-state index >= 15 is 0 Å². The summed E-state index contributed by atoms with van der Waals surface area (Å²) in [6, 6.07) is 26.7. The molecule has 31 heteroatoms. The molecule has 4 aromatic rings. The second-order valence-electron chi connectivity index (χ2n) is 12.7. The summed E-state index contributed by atoms with van der Waals surface area (Å²) in [5.41, 5.74) is 21.0. The Kier molecular flexibility index (Phi) is 42.4. The summed E-state index contributed by atoms with van der Waals surface area (Å²) in [4.78, 5) is 0. The first-order valence-corrected chi connectivity index (χ1v) is 24.2. The van der Waals surface area contributed by atoms with Crippen molar-refractivity contribution in [3.05, 3.63) is 107 Å². The number of nitrogen functional groups attached to an aromatic ring is 2. The molecule has 0 saturated carbocycles. The molecule has 0 fully saturated rings. The largest absolute Gasteiger partial charge is 1.00 e. The van der Waals surface area contributed by atoms with E-state index in [1.54, 1.807) is 43.4 Å². The predicted molar refractivity (Wildman–Crippen MR) is 241 cm³/mol. The summed E-state index contributed by atoms with van der Waals surface area (Å²) in [7, 11) is -16.4. The third-order valence-corrected chi connectivity index (χ3v) is 8.88. The van der Waals surface area contributed by atoms with Gasteiger partial charge in [-0.2, -0.15) is 56.9 Å². The van der Waals surface area contributed by atoms with Crippen LogP contribution < -0.4 is 231 Å². The Morgan fingerprint density at radius 2 is 0.986 bits per heavy atom. The molecule has 0 amide bonds. The van der Waals surface area contributed by atoms with Gasteiger partial charge in [0, 0.05) is 7.05 Å². The van der Waals surface area contributed by atoms with Crippen molar-refractivity contribution in [2.75, 3.05) is 32.2 Å². The second-order valence-corrected chi connectivity index (χ2v) is 16.3. The van der Waals surface area contributed by atoms with Crippen LogP contribution in [0.15, 0.2) is 93.3 Å². The molecule has 0 aliphatic rings. The Bertz CT molecular complexity index is 2810. The molecule has 364 valence electrons. The smallest absolute Gasteiger partial charge is 0.726 e. The summed E-state index contributed by atoms with van der Waals surface area (Å²) >= 11 is 0. The molecule has 0 bridgehead atoms. The molecule has 23 nitrogen and oxygen atoms in total. The van der Waals surface area contributed by atoms with Gasteiger partial charge in [-0.15, -0.1) is 23.3 Å². The van der Waals surface area contributed by atoms with Gasteiger partial charge in [0.2, 0.25) is 20.8 Å². The van der Waals surface area contributed by atoms with Crippen LogP contribution in [0.1, 0.15) is 75.6 Å². The maximum absolute atomic E-state index is 11.0. The van der Waals surface area contributed by atoms with Crippen LogP contribution in [0.5, 0.6) is 11.5 Å². The Morgan fingerprint density at radius 3 is 1.37 bits per heavy atom. The zero-order valence-corrected chi connectivity index (χ0v) is 55.9. The Morgan fingerprint density at radius 1 is 0.600 bits per heavy atom. The fourth-order valence-electron chi connectivity index (χ4n) is 5.91. The van der Waals surface area contributed by atoms with Crippen molar-refractivity contribution in [1.82, 2.24) is 5.32 Å². The number of hydrogen-bond acceptors (Lipinski definition) is 21. The van der Waals surface area contributed by atoms with Crippen LogP contribution in [0.2, 0.25) is 0 Å². The molecule has 70 heavy (non-hydrogen) atoms. The fraction of sp³-hybridized carbons (Fsp3) is 0.282. The molecule has 0 spiro atoms. The average Bonchev–Trinajstić information content (AvgIpc) is 3.19. The van der Waals surface area contributed by atoms with E-state index in [1.807, 2.05) is 45.0 Å². The van der Waals surface area contributed by atoms with Gasteiger partial charge in [-0.05, 0) is 85.0 Å². The first-order valence-electron chi connectivity index (χ1n) is 18.8. The number of hydrogen-bond donors (Lipinski definition) is 5. The van der Waals surface area contributed by atoms with E-state index in [0.717, 1.165) is 63.8 Å². The van der Waals surface area contributed by atoms with E-state index in [2.05, 4.69) is 53.2 Å².